The van der Waals surface area contributed by atoms with Gasteiger partial charge in [0, 0.05) is 0 Å². The second-order valence-corrected chi connectivity index (χ2v) is 8.84. The molecule has 3 rings (SSSR count). The molecule has 2 aliphatic rings. The predicted molar refractivity (Wildman–Crippen MR) is 109 cm³/mol. The lowest BCUT2D eigenvalue weighted by molar-refractivity contribution is -0.159. The fourth-order valence-electron chi connectivity index (χ4n) is 4.57. The number of carbonyl (C=O) groups is 1. The van der Waals surface area contributed by atoms with Gasteiger partial charge in [-0.2, -0.15) is 0 Å². The Morgan fingerprint density at radius 1 is 0.963 bits per heavy atom. The largest absolute Gasteiger partial charge is 0.462 e. The molecule has 2 unspecified atom stereocenters. The van der Waals surface area contributed by atoms with Gasteiger partial charge in [0.05, 0.1) is 24.7 Å². The molecule has 2 atom stereocenters. The van der Waals surface area contributed by atoms with Crippen molar-refractivity contribution in [2.24, 2.45) is 11.8 Å². The van der Waals surface area contributed by atoms with E-state index in [-0.39, 0.29) is 18.0 Å². The van der Waals surface area contributed by atoms with Crippen molar-refractivity contribution in [3.63, 3.8) is 0 Å². The highest BCUT2D eigenvalue weighted by Crippen LogP contribution is 2.33. The summed E-state index contributed by atoms with van der Waals surface area (Å²) in [5.74, 6) is 0.929. The van der Waals surface area contributed by atoms with Gasteiger partial charge in [0.25, 0.3) is 0 Å². The van der Waals surface area contributed by atoms with E-state index in [1.54, 1.807) is 0 Å². The van der Waals surface area contributed by atoms with Gasteiger partial charge in [-0.25, -0.2) is 0 Å². The summed E-state index contributed by atoms with van der Waals surface area (Å²) in [6.07, 6.45) is 9.47. The molecule has 0 N–H and O–H groups in total. The van der Waals surface area contributed by atoms with Crippen LogP contribution in [0, 0.1) is 32.6 Å². The third-order valence-corrected chi connectivity index (χ3v) is 6.93. The molecule has 150 valence electrons. The van der Waals surface area contributed by atoms with Crippen molar-refractivity contribution < 1.29 is 14.3 Å². The zero-order valence-electron chi connectivity index (χ0n) is 17.6. The van der Waals surface area contributed by atoms with E-state index in [0.29, 0.717) is 6.10 Å². The first kappa shape index (κ1) is 20.4. The Hall–Kier alpha value is -1.35. The van der Waals surface area contributed by atoms with Crippen molar-refractivity contribution in [1.82, 2.24) is 0 Å². The number of hydrogen-bond donors (Lipinski definition) is 0. The molecule has 1 aromatic carbocycles. The summed E-state index contributed by atoms with van der Waals surface area (Å²) >= 11 is 0. The van der Waals surface area contributed by atoms with Crippen LogP contribution in [-0.2, 0) is 20.9 Å². The SMILES string of the molecule is Cc1ccc(COC2CCC(CCC3CCC(C)OC3=O)CC2)c(C)c1C. The fraction of sp³-hybridized carbons (Fsp3) is 0.708. The molecule has 1 saturated heterocycles. The van der Waals surface area contributed by atoms with Crippen LogP contribution in [0.5, 0.6) is 0 Å². The minimum atomic E-state index is 0.0366. The normalized spacial score (nSPS) is 28.8. The summed E-state index contributed by atoms with van der Waals surface area (Å²) in [6.45, 7) is 9.29. The summed E-state index contributed by atoms with van der Waals surface area (Å²) in [5, 5.41) is 0. The van der Waals surface area contributed by atoms with Gasteiger partial charge in [0.2, 0.25) is 0 Å². The average molecular weight is 373 g/mol. The number of cyclic esters (lactones) is 1. The molecule has 2 fully saturated rings. The molecular weight excluding hydrogens is 336 g/mol. The third-order valence-electron chi connectivity index (χ3n) is 6.93. The van der Waals surface area contributed by atoms with Gasteiger partial charge in [-0.15, -0.1) is 0 Å². The van der Waals surface area contributed by atoms with Crippen molar-refractivity contribution >= 4 is 5.97 Å². The van der Waals surface area contributed by atoms with Gasteiger partial charge in [0.1, 0.15) is 0 Å². The van der Waals surface area contributed by atoms with E-state index in [4.69, 9.17) is 9.47 Å². The highest BCUT2D eigenvalue weighted by molar-refractivity contribution is 5.73. The first-order valence-electron chi connectivity index (χ1n) is 10.8. The molecule has 3 heteroatoms. The molecule has 3 nitrogen and oxygen atoms in total. The summed E-state index contributed by atoms with van der Waals surface area (Å²) < 4.78 is 11.6. The van der Waals surface area contributed by atoms with E-state index in [1.807, 2.05) is 6.92 Å². The number of esters is 1. The minimum absolute atomic E-state index is 0.0366. The molecule has 0 spiro atoms. The highest BCUT2D eigenvalue weighted by atomic mass is 16.5. The molecule has 1 aliphatic carbocycles. The maximum Gasteiger partial charge on any atom is 0.309 e. The smallest absolute Gasteiger partial charge is 0.309 e. The molecule has 1 heterocycles. The molecule has 0 aromatic heterocycles. The summed E-state index contributed by atoms with van der Waals surface area (Å²) in [6, 6.07) is 4.42. The quantitative estimate of drug-likeness (QED) is 0.591. The molecular formula is C24H36O3. The Morgan fingerprint density at radius 2 is 1.70 bits per heavy atom. The zero-order chi connectivity index (χ0) is 19.4. The molecule has 27 heavy (non-hydrogen) atoms. The van der Waals surface area contributed by atoms with E-state index in [2.05, 4.69) is 32.9 Å². The highest BCUT2D eigenvalue weighted by Gasteiger charge is 2.29. The van der Waals surface area contributed by atoms with Crippen molar-refractivity contribution in [2.75, 3.05) is 0 Å². The first-order chi connectivity index (χ1) is 12.9. The first-order valence-corrected chi connectivity index (χ1v) is 10.8. The average Bonchev–Trinajstić information content (AvgIpc) is 2.66. The van der Waals surface area contributed by atoms with Crippen LogP contribution in [0.4, 0.5) is 0 Å². The maximum absolute atomic E-state index is 12.0. The van der Waals surface area contributed by atoms with Gasteiger partial charge >= 0.3 is 5.97 Å². The molecule has 0 amide bonds. The van der Waals surface area contributed by atoms with Gasteiger partial charge < -0.3 is 9.47 Å². The molecule has 0 radical (unpaired) electrons. The van der Waals surface area contributed by atoms with Crippen LogP contribution in [0.1, 0.15) is 80.5 Å². The second kappa shape index (κ2) is 9.23. The van der Waals surface area contributed by atoms with E-state index in [1.165, 1.54) is 35.1 Å². The number of hydrogen-bond acceptors (Lipinski definition) is 3. The Bertz CT molecular complexity index is 643. The van der Waals surface area contributed by atoms with Crippen LogP contribution < -0.4 is 0 Å². The van der Waals surface area contributed by atoms with Crippen molar-refractivity contribution in [2.45, 2.75) is 97.9 Å². The Balaban J connectivity index is 1.38. The minimum Gasteiger partial charge on any atom is -0.462 e. The lowest BCUT2D eigenvalue weighted by Gasteiger charge is -2.31. The van der Waals surface area contributed by atoms with E-state index in [0.717, 1.165) is 51.0 Å². The Kier molecular flexibility index (Phi) is 6.97. The predicted octanol–water partition coefficient (Wildman–Crippen LogP) is 5.81. The fourth-order valence-corrected chi connectivity index (χ4v) is 4.57. The Labute approximate surface area is 164 Å². The maximum atomic E-state index is 12.0. The topological polar surface area (TPSA) is 35.5 Å². The molecule has 1 aromatic rings. The number of benzene rings is 1. The number of aryl methyl sites for hydroxylation is 1. The summed E-state index contributed by atoms with van der Waals surface area (Å²) in [5.41, 5.74) is 5.44. The van der Waals surface area contributed by atoms with Crippen LogP contribution in [0.15, 0.2) is 12.1 Å². The third kappa shape index (κ3) is 5.34. The second-order valence-electron chi connectivity index (χ2n) is 8.84. The van der Waals surface area contributed by atoms with Crippen molar-refractivity contribution in [3.8, 4) is 0 Å². The standard InChI is InChI=1S/C24H36O3/c1-16-5-10-22(19(4)18(16)3)15-26-23-13-8-20(9-14-23)7-12-21-11-6-17(2)27-24(21)25/h5,10,17,20-21,23H,6-9,11-15H2,1-4H3. The van der Waals surface area contributed by atoms with Crippen molar-refractivity contribution in [3.05, 3.63) is 34.4 Å². The number of carbonyl (C=O) groups excluding carboxylic acids is 1. The van der Waals surface area contributed by atoms with Crippen LogP contribution in [-0.4, -0.2) is 18.2 Å². The lowest BCUT2D eigenvalue weighted by Crippen LogP contribution is -2.30. The van der Waals surface area contributed by atoms with Gasteiger partial charge in [0.15, 0.2) is 0 Å². The Morgan fingerprint density at radius 3 is 2.41 bits per heavy atom. The van der Waals surface area contributed by atoms with Gasteiger partial charge in [-0.1, -0.05) is 12.1 Å². The van der Waals surface area contributed by atoms with Gasteiger partial charge in [-0.3, -0.25) is 4.79 Å². The molecule has 1 aliphatic heterocycles. The number of rotatable bonds is 6. The van der Waals surface area contributed by atoms with Crippen LogP contribution in [0.25, 0.3) is 0 Å². The monoisotopic (exact) mass is 372 g/mol. The van der Waals surface area contributed by atoms with Crippen LogP contribution in [0.3, 0.4) is 0 Å². The zero-order valence-corrected chi connectivity index (χ0v) is 17.6. The lowest BCUT2D eigenvalue weighted by atomic mass is 9.81. The summed E-state index contributed by atoms with van der Waals surface area (Å²) in [7, 11) is 0. The van der Waals surface area contributed by atoms with E-state index in [9.17, 15) is 4.79 Å². The van der Waals surface area contributed by atoms with Crippen molar-refractivity contribution in [1.29, 1.82) is 0 Å². The molecule has 1 saturated carbocycles. The van der Waals surface area contributed by atoms with Crippen LogP contribution >= 0.6 is 0 Å². The van der Waals surface area contributed by atoms with Gasteiger partial charge in [-0.05, 0) is 107 Å². The van der Waals surface area contributed by atoms with E-state index >= 15 is 0 Å². The van der Waals surface area contributed by atoms with Crippen LogP contribution in [0.2, 0.25) is 0 Å². The summed E-state index contributed by atoms with van der Waals surface area (Å²) in [4.78, 5) is 12.0. The number of ether oxygens (including phenoxy) is 2. The molecule has 0 bridgehead atoms. The van der Waals surface area contributed by atoms with E-state index < -0.39 is 0 Å².